The lowest BCUT2D eigenvalue weighted by Crippen LogP contribution is -2.49. The molecule has 0 aromatic rings. The van der Waals surface area contributed by atoms with Gasteiger partial charge in [-0.1, -0.05) is 33.6 Å². The van der Waals surface area contributed by atoms with Crippen LogP contribution in [0.25, 0.3) is 0 Å². The lowest BCUT2D eigenvalue weighted by atomic mass is 9.94. The number of nitrogens with one attached hydrogen (secondary N) is 1. The molecular weight excluding hydrogens is 268 g/mol. The number of carbonyl (C=O) groups is 2. The molecule has 2 N–H and O–H groups in total. The van der Waals surface area contributed by atoms with Gasteiger partial charge in [0.05, 0.1) is 0 Å². The second-order valence-electron chi connectivity index (χ2n) is 6.84. The Kier molecular flexibility index (Phi) is 7.15. The molecular formula is C16H30N2O3. The maximum atomic E-state index is 12.4. The molecule has 1 atom stereocenters. The number of likely N-dealkylation sites (tertiary alicyclic amines) is 1. The number of hydrogen-bond donors (Lipinski definition) is 2. The first-order chi connectivity index (χ1) is 9.88. The number of rotatable bonds is 7. The molecule has 1 aliphatic rings. The van der Waals surface area contributed by atoms with Crippen LogP contribution >= 0.6 is 0 Å². The third-order valence-electron chi connectivity index (χ3n) is 3.84. The Bertz CT molecular complexity index is 350. The second-order valence-corrected chi connectivity index (χ2v) is 6.84. The quantitative estimate of drug-likeness (QED) is 0.703. The van der Waals surface area contributed by atoms with Crippen molar-refractivity contribution in [1.82, 2.24) is 10.2 Å². The average Bonchev–Trinajstić information content (AvgIpc) is 2.89. The van der Waals surface area contributed by atoms with E-state index in [4.69, 9.17) is 5.11 Å². The molecule has 21 heavy (non-hydrogen) atoms. The van der Waals surface area contributed by atoms with Gasteiger partial charge in [0.2, 0.25) is 11.8 Å². The van der Waals surface area contributed by atoms with Crippen LogP contribution in [0.3, 0.4) is 0 Å². The van der Waals surface area contributed by atoms with Gasteiger partial charge >= 0.3 is 0 Å². The summed E-state index contributed by atoms with van der Waals surface area (Å²) < 4.78 is 0. The van der Waals surface area contributed by atoms with Crippen LogP contribution in [0.1, 0.15) is 59.3 Å². The van der Waals surface area contributed by atoms with Crippen LogP contribution in [0.15, 0.2) is 0 Å². The van der Waals surface area contributed by atoms with Crippen LogP contribution in [0.5, 0.6) is 0 Å². The highest BCUT2D eigenvalue weighted by atomic mass is 16.3. The maximum absolute atomic E-state index is 12.4. The van der Waals surface area contributed by atoms with Crippen LogP contribution in [0.2, 0.25) is 0 Å². The van der Waals surface area contributed by atoms with Crippen molar-refractivity contribution in [2.45, 2.75) is 65.3 Å². The SMILES string of the molecule is CC(C)(C)C(=O)N1CCCC1C(=O)NCCCCCCO. The fourth-order valence-corrected chi connectivity index (χ4v) is 2.63. The van der Waals surface area contributed by atoms with Gasteiger partial charge < -0.3 is 15.3 Å². The molecule has 1 aliphatic heterocycles. The molecule has 0 aromatic heterocycles. The number of aliphatic hydroxyl groups is 1. The lowest BCUT2D eigenvalue weighted by Gasteiger charge is -2.30. The number of carbonyl (C=O) groups excluding carboxylic acids is 2. The zero-order chi connectivity index (χ0) is 15.9. The first kappa shape index (κ1) is 18.0. The zero-order valence-corrected chi connectivity index (χ0v) is 13.7. The maximum Gasteiger partial charge on any atom is 0.242 e. The van der Waals surface area contributed by atoms with Crippen molar-refractivity contribution in [3.8, 4) is 0 Å². The molecule has 5 heteroatoms. The number of nitrogens with zero attached hydrogens (tertiary/aromatic N) is 1. The number of aliphatic hydroxyl groups excluding tert-OH is 1. The first-order valence-corrected chi connectivity index (χ1v) is 8.07. The van der Waals surface area contributed by atoms with E-state index in [2.05, 4.69) is 5.32 Å². The van der Waals surface area contributed by atoms with E-state index in [1.54, 1.807) is 4.90 Å². The molecule has 0 spiro atoms. The Morgan fingerprint density at radius 2 is 1.86 bits per heavy atom. The summed E-state index contributed by atoms with van der Waals surface area (Å²) in [6.07, 6.45) is 5.41. The Labute approximate surface area is 128 Å². The van der Waals surface area contributed by atoms with E-state index in [0.717, 1.165) is 38.5 Å². The molecule has 2 amide bonds. The van der Waals surface area contributed by atoms with E-state index in [9.17, 15) is 9.59 Å². The van der Waals surface area contributed by atoms with E-state index >= 15 is 0 Å². The van der Waals surface area contributed by atoms with E-state index < -0.39 is 5.41 Å². The molecule has 5 nitrogen and oxygen atoms in total. The van der Waals surface area contributed by atoms with Gasteiger partial charge in [-0.2, -0.15) is 0 Å². The van der Waals surface area contributed by atoms with Crippen molar-refractivity contribution >= 4 is 11.8 Å². The molecule has 0 saturated carbocycles. The summed E-state index contributed by atoms with van der Waals surface area (Å²) in [6, 6.07) is -0.297. The fraction of sp³-hybridized carbons (Fsp3) is 0.875. The molecule has 0 bridgehead atoms. The lowest BCUT2D eigenvalue weighted by molar-refractivity contribution is -0.144. The Morgan fingerprint density at radius 3 is 2.48 bits per heavy atom. The minimum atomic E-state index is -0.437. The predicted molar refractivity (Wildman–Crippen MR) is 82.8 cm³/mol. The molecule has 1 unspecified atom stereocenters. The summed E-state index contributed by atoms with van der Waals surface area (Å²) in [5.41, 5.74) is -0.437. The Hall–Kier alpha value is -1.10. The molecule has 122 valence electrons. The molecule has 1 rings (SSSR count). The van der Waals surface area contributed by atoms with Crippen molar-refractivity contribution in [3.05, 3.63) is 0 Å². The van der Waals surface area contributed by atoms with Gasteiger partial charge in [-0.15, -0.1) is 0 Å². The normalized spacial score (nSPS) is 18.9. The molecule has 0 radical (unpaired) electrons. The third-order valence-corrected chi connectivity index (χ3v) is 3.84. The van der Waals surface area contributed by atoms with Crippen molar-refractivity contribution < 1.29 is 14.7 Å². The standard InChI is InChI=1S/C16H30N2O3/c1-16(2,3)15(21)18-11-8-9-13(18)14(20)17-10-6-4-5-7-12-19/h13,19H,4-12H2,1-3H3,(H,17,20). The third kappa shape index (κ3) is 5.65. The summed E-state index contributed by atoms with van der Waals surface area (Å²) >= 11 is 0. The molecule has 1 fully saturated rings. The largest absolute Gasteiger partial charge is 0.396 e. The highest BCUT2D eigenvalue weighted by Gasteiger charge is 2.38. The molecule has 0 aliphatic carbocycles. The minimum absolute atomic E-state index is 0.0211. The summed E-state index contributed by atoms with van der Waals surface area (Å²) in [4.78, 5) is 26.3. The van der Waals surface area contributed by atoms with Gasteiger partial charge in [-0.25, -0.2) is 0 Å². The van der Waals surface area contributed by atoms with Crippen molar-refractivity contribution in [2.75, 3.05) is 19.7 Å². The van der Waals surface area contributed by atoms with Crippen LogP contribution in [-0.2, 0) is 9.59 Å². The van der Waals surface area contributed by atoms with Gasteiger partial charge in [0.1, 0.15) is 6.04 Å². The first-order valence-electron chi connectivity index (χ1n) is 8.07. The molecule has 1 saturated heterocycles. The summed E-state index contributed by atoms with van der Waals surface area (Å²) in [6.45, 7) is 7.25. The summed E-state index contributed by atoms with van der Waals surface area (Å²) in [5.74, 6) is 0.0374. The van der Waals surface area contributed by atoms with E-state index in [-0.39, 0.29) is 24.5 Å². The van der Waals surface area contributed by atoms with Crippen molar-refractivity contribution in [3.63, 3.8) is 0 Å². The van der Waals surface area contributed by atoms with E-state index in [0.29, 0.717) is 13.1 Å². The smallest absolute Gasteiger partial charge is 0.242 e. The zero-order valence-electron chi connectivity index (χ0n) is 13.7. The number of unbranched alkanes of at least 4 members (excludes halogenated alkanes) is 3. The molecule has 0 aromatic carbocycles. The average molecular weight is 298 g/mol. The van der Waals surface area contributed by atoms with Gasteiger partial charge in [0.15, 0.2) is 0 Å². The summed E-state index contributed by atoms with van der Waals surface area (Å²) in [7, 11) is 0. The number of amides is 2. The Balaban J connectivity index is 2.37. The highest BCUT2D eigenvalue weighted by molar-refractivity contribution is 5.90. The van der Waals surface area contributed by atoms with Crippen molar-refractivity contribution in [1.29, 1.82) is 0 Å². The predicted octanol–water partition coefficient (Wildman–Crippen LogP) is 1.69. The van der Waals surface area contributed by atoms with Crippen molar-refractivity contribution in [2.24, 2.45) is 5.41 Å². The van der Waals surface area contributed by atoms with Gasteiger partial charge in [0, 0.05) is 25.1 Å². The number of hydrogen-bond acceptors (Lipinski definition) is 3. The van der Waals surface area contributed by atoms with E-state index in [1.165, 1.54) is 0 Å². The van der Waals surface area contributed by atoms with Gasteiger partial charge in [-0.3, -0.25) is 9.59 Å². The minimum Gasteiger partial charge on any atom is -0.396 e. The van der Waals surface area contributed by atoms with Crippen LogP contribution < -0.4 is 5.32 Å². The van der Waals surface area contributed by atoms with E-state index in [1.807, 2.05) is 20.8 Å². The van der Waals surface area contributed by atoms with Gasteiger partial charge in [0.25, 0.3) is 0 Å². The van der Waals surface area contributed by atoms with Crippen LogP contribution in [-0.4, -0.2) is 47.6 Å². The second kappa shape index (κ2) is 8.37. The Morgan fingerprint density at radius 1 is 1.19 bits per heavy atom. The monoisotopic (exact) mass is 298 g/mol. The van der Waals surface area contributed by atoms with Gasteiger partial charge in [-0.05, 0) is 25.7 Å². The summed E-state index contributed by atoms with van der Waals surface area (Å²) in [5, 5.41) is 11.6. The topological polar surface area (TPSA) is 69.6 Å². The van der Waals surface area contributed by atoms with Crippen LogP contribution in [0.4, 0.5) is 0 Å². The van der Waals surface area contributed by atoms with Crippen LogP contribution in [0, 0.1) is 5.41 Å². The fourth-order valence-electron chi connectivity index (χ4n) is 2.63. The molecule has 1 heterocycles. The highest BCUT2D eigenvalue weighted by Crippen LogP contribution is 2.25.